The van der Waals surface area contributed by atoms with Gasteiger partial charge < -0.3 is 16.4 Å². The first kappa shape index (κ1) is 18.6. The normalized spacial score (nSPS) is 11.1. The zero-order valence-corrected chi connectivity index (χ0v) is 13.6. The van der Waals surface area contributed by atoms with Crippen molar-refractivity contribution < 1.29 is 22.8 Å². The molecule has 2 aromatic carbocycles. The van der Waals surface area contributed by atoms with Crippen LogP contribution >= 0.6 is 11.6 Å². The van der Waals surface area contributed by atoms with E-state index in [4.69, 9.17) is 17.3 Å². The summed E-state index contributed by atoms with van der Waals surface area (Å²) in [5, 5.41) is 3.86. The third-order valence-electron chi connectivity index (χ3n) is 3.19. The number of hydrogen-bond acceptors (Lipinski definition) is 3. The summed E-state index contributed by atoms with van der Waals surface area (Å²) < 4.78 is 38.4. The van der Waals surface area contributed by atoms with Crippen molar-refractivity contribution in [2.24, 2.45) is 0 Å². The number of halogens is 4. The minimum Gasteiger partial charge on any atom is -0.397 e. The Morgan fingerprint density at radius 3 is 2.28 bits per heavy atom. The van der Waals surface area contributed by atoms with Crippen molar-refractivity contribution in [1.82, 2.24) is 0 Å². The highest BCUT2D eigenvalue weighted by Gasteiger charge is 2.33. The molecule has 2 aromatic rings. The lowest BCUT2D eigenvalue weighted by molar-refractivity contribution is -0.137. The summed E-state index contributed by atoms with van der Waals surface area (Å²) in [6, 6.07) is 7.58. The molecule has 0 spiro atoms. The average molecular weight is 372 g/mol. The van der Waals surface area contributed by atoms with Crippen molar-refractivity contribution in [3.05, 3.63) is 52.5 Å². The van der Waals surface area contributed by atoms with Crippen LogP contribution in [0.4, 0.5) is 30.2 Å². The molecule has 0 aromatic heterocycles. The molecule has 0 saturated carbocycles. The van der Waals surface area contributed by atoms with Gasteiger partial charge in [0.05, 0.1) is 22.0 Å². The maximum Gasteiger partial charge on any atom is 0.417 e. The first-order valence-electron chi connectivity index (χ1n) is 6.93. The SMILES string of the molecule is Cc1ccc(NC(=O)C(=O)Nc2ccc(Cl)c(C(F)(F)F)c2)c(N)c1. The van der Waals surface area contributed by atoms with E-state index in [1.807, 2.05) is 0 Å². The van der Waals surface area contributed by atoms with Crippen molar-refractivity contribution in [3.63, 3.8) is 0 Å². The molecule has 4 N–H and O–H groups in total. The first-order chi connectivity index (χ1) is 11.6. The van der Waals surface area contributed by atoms with E-state index in [1.54, 1.807) is 19.1 Å². The molecule has 0 aliphatic heterocycles. The molecule has 2 rings (SSSR count). The number of nitrogens with one attached hydrogen (secondary N) is 2. The van der Waals surface area contributed by atoms with Crippen molar-refractivity contribution in [1.29, 1.82) is 0 Å². The van der Waals surface area contributed by atoms with Gasteiger partial charge in [0.2, 0.25) is 0 Å². The second kappa shape index (κ2) is 7.02. The highest BCUT2D eigenvalue weighted by Crippen LogP contribution is 2.36. The number of rotatable bonds is 2. The standard InChI is InChI=1S/C16H13ClF3N3O2/c1-8-2-5-13(12(21)6-8)23-15(25)14(24)22-9-3-4-11(17)10(7-9)16(18,19)20/h2-7H,21H2,1H3,(H,22,24)(H,23,25). The summed E-state index contributed by atoms with van der Waals surface area (Å²) in [5.74, 6) is -2.21. The summed E-state index contributed by atoms with van der Waals surface area (Å²) in [7, 11) is 0. The Morgan fingerprint density at radius 2 is 1.68 bits per heavy atom. The van der Waals surface area contributed by atoms with Crippen LogP contribution in [0.3, 0.4) is 0 Å². The van der Waals surface area contributed by atoms with Crippen LogP contribution in [0.25, 0.3) is 0 Å². The monoisotopic (exact) mass is 371 g/mol. The van der Waals surface area contributed by atoms with E-state index in [0.717, 1.165) is 17.7 Å². The Morgan fingerprint density at radius 1 is 1.04 bits per heavy atom. The number of benzene rings is 2. The minimum atomic E-state index is -4.68. The summed E-state index contributed by atoms with van der Waals surface area (Å²) >= 11 is 5.49. The van der Waals surface area contributed by atoms with Gasteiger partial charge in [0.25, 0.3) is 0 Å². The Bertz CT molecular complexity index is 838. The largest absolute Gasteiger partial charge is 0.417 e. The number of nitrogens with two attached hydrogens (primary N) is 1. The van der Waals surface area contributed by atoms with Crippen molar-refractivity contribution in [3.8, 4) is 0 Å². The highest BCUT2D eigenvalue weighted by atomic mass is 35.5. The summed E-state index contributed by atoms with van der Waals surface area (Å²) in [6.07, 6.45) is -4.68. The molecular formula is C16H13ClF3N3O2. The molecule has 2 amide bonds. The van der Waals surface area contributed by atoms with Gasteiger partial charge >= 0.3 is 18.0 Å². The van der Waals surface area contributed by atoms with E-state index in [2.05, 4.69) is 10.6 Å². The van der Waals surface area contributed by atoms with E-state index in [0.29, 0.717) is 6.07 Å². The van der Waals surface area contributed by atoms with Crippen LogP contribution in [0.5, 0.6) is 0 Å². The topological polar surface area (TPSA) is 84.2 Å². The molecule has 0 atom stereocenters. The second-order valence-corrected chi connectivity index (χ2v) is 5.60. The zero-order chi connectivity index (χ0) is 18.8. The number of amides is 2. The summed E-state index contributed by atoms with van der Waals surface area (Å²) in [6.45, 7) is 1.80. The van der Waals surface area contributed by atoms with Gasteiger partial charge in [-0.15, -0.1) is 0 Å². The van der Waals surface area contributed by atoms with Gasteiger partial charge in [-0.2, -0.15) is 13.2 Å². The van der Waals surface area contributed by atoms with E-state index >= 15 is 0 Å². The summed E-state index contributed by atoms with van der Waals surface area (Å²) in [5.41, 5.74) is 5.73. The molecular weight excluding hydrogens is 359 g/mol. The van der Waals surface area contributed by atoms with Crippen LogP contribution in [-0.4, -0.2) is 11.8 Å². The molecule has 0 bridgehead atoms. The maximum atomic E-state index is 12.8. The predicted molar refractivity (Wildman–Crippen MR) is 89.3 cm³/mol. The highest BCUT2D eigenvalue weighted by molar-refractivity contribution is 6.44. The Hall–Kier alpha value is -2.74. The van der Waals surface area contributed by atoms with Crippen LogP contribution in [0.1, 0.15) is 11.1 Å². The zero-order valence-electron chi connectivity index (χ0n) is 12.9. The van der Waals surface area contributed by atoms with Crippen molar-refractivity contribution in [2.75, 3.05) is 16.4 Å². The number of carbonyl (C=O) groups excluding carboxylic acids is 2. The van der Waals surface area contributed by atoms with Gasteiger partial charge in [0.1, 0.15) is 0 Å². The molecule has 0 aliphatic rings. The Balaban J connectivity index is 2.12. The quantitative estimate of drug-likeness (QED) is 0.554. The van der Waals surface area contributed by atoms with Gasteiger partial charge in [-0.25, -0.2) is 0 Å². The van der Waals surface area contributed by atoms with Crippen LogP contribution in [-0.2, 0) is 15.8 Å². The van der Waals surface area contributed by atoms with Crippen LogP contribution in [0.15, 0.2) is 36.4 Å². The molecule has 0 aliphatic carbocycles. The third kappa shape index (κ3) is 4.63. The number of alkyl halides is 3. The number of carbonyl (C=O) groups is 2. The number of anilines is 3. The van der Waals surface area contributed by atoms with E-state index in [-0.39, 0.29) is 17.1 Å². The first-order valence-corrected chi connectivity index (χ1v) is 7.31. The smallest absolute Gasteiger partial charge is 0.397 e. The lowest BCUT2D eigenvalue weighted by Gasteiger charge is -2.12. The molecule has 5 nitrogen and oxygen atoms in total. The van der Waals surface area contributed by atoms with E-state index in [1.165, 1.54) is 6.07 Å². The maximum absolute atomic E-state index is 12.8. The lowest BCUT2D eigenvalue weighted by Crippen LogP contribution is -2.29. The number of hydrogen-bond donors (Lipinski definition) is 3. The fraction of sp³-hybridized carbons (Fsp3) is 0.125. The molecule has 132 valence electrons. The minimum absolute atomic E-state index is 0.214. The fourth-order valence-corrected chi connectivity index (χ4v) is 2.21. The van der Waals surface area contributed by atoms with E-state index < -0.39 is 28.6 Å². The molecule has 0 fully saturated rings. The summed E-state index contributed by atoms with van der Waals surface area (Å²) in [4.78, 5) is 23.7. The van der Waals surface area contributed by atoms with Crippen molar-refractivity contribution in [2.45, 2.75) is 13.1 Å². The van der Waals surface area contributed by atoms with Crippen LogP contribution in [0.2, 0.25) is 5.02 Å². The molecule has 0 heterocycles. The second-order valence-electron chi connectivity index (χ2n) is 5.19. The lowest BCUT2D eigenvalue weighted by atomic mass is 10.2. The van der Waals surface area contributed by atoms with Gasteiger partial charge in [-0.05, 0) is 42.8 Å². The predicted octanol–water partition coefficient (Wildman–Crippen LogP) is 3.83. The molecule has 0 saturated heterocycles. The Kier molecular flexibility index (Phi) is 5.22. The molecule has 0 radical (unpaired) electrons. The number of nitrogen functional groups attached to an aromatic ring is 1. The molecule has 9 heteroatoms. The average Bonchev–Trinajstić information content (AvgIpc) is 2.50. The molecule has 0 unspecified atom stereocenters. The van der Waals surface area contributed by atoms with Gasteiger partial charge in [0, 0.05) is 5.69 Å². The number of aryl methyl sites for hydroxylation is 1. The third-order valence-corrected chi connectivity index (χ3v) is 3.52. The van der Waals surface area contributed by atoms with Crippen molar-refractivity contribution >= 4 is 40.5 Å². The van der Waals surface area contributed by atoms with E-state index in [9.17, 15) is 22.8 Å². The Labute approximate surface area is 146 Å². The van der Waals surface area contributed by atoms with Gasteiger partial charge in [-0.3, -0.25) is 9.59 Å². The molecule has 25 heavy (non-hydrogen) atoms. The van der Waals surface area contributed by atoms with Crippen LogP contribution < -0.4 is 16.4 Å². The van der Waals surface area contributed by atoms with Gasteiger partial charge in [-0.1, -0.05) is 17.7 Å². The van der Waals surface area contributed by atoms with Gasteiger partial charge in [0.15, 0.2) is 0 Å². The fourth-order valence-electron chi connectivity index (χ4n) is 1.98. The van der Waals surface area contributed by atoms with Crippen LogP contribution in [0, 0.1) is 6.92 Å².